The molecule has 1 aromatic carbocycles. The van der Waals surface area contributed by atoms with Gasteiger partial charge in [-0.25, -0.2) is 4.98 Å². The van der Waals surface area contributed by atoms with Gasteiger partial charge in [0.2, 0.25) is 0 Å². The maximum absolute atomic E-state index is 10.5. The van der Waals surface area contributed by atoms with Crippen LogP contribution in [0.25, 0.3) is 11.3 Å². The zero-order chi connectivity index (χ0) is 12.4. The average Bonchev–Trinajstić information content (AvgIpc) is 2.32. The summed E-state index contributed by atoms with van der Waals surface area (Å²) in [5.41, 5.74) is 1.13. The first kappa shape index (κ1) is 11.8. The number of nitrogens with zero attached hydrogens (tertiary/aromatic N) is 2. The van der Waals surface area contributed by atoms with Crippen molar-refractivity contribution in [2.45, 2.75) is 0 Å². The maximum atomic E-state index is 10.5. The quantitative estimate of drug-likeness (QED) is 0.612. The van der Waals surface area contributed by atoms with E-state index in [0.717, 1.165) is 0 Å². The van der Waals surface area contributed by atoms with Crippen molar-refractivity contribution >= 4 is 28.9 Å². The van der Waals surface area contributed by atoms with Gasteiger partial charge in [-0.1, -0.05) is 23.2 Å². The molecule has 0 atom stereocenters. The molecule has 0 amide bonds. The van der Waals surface area contributed by atoms with Crippen LogP contribution in [-0.4, -0.2) is 9.91 Å². The molecule has 0 aliphatic carbocycles. The normalized spacial score (nSPS) is 10.2. The minimum absolute atomic E-state index is 0.0631. The lowest BCUT2D eigenvalue weighted by Crippen LogP contribution is -1.90. The Hall–Kier alpha value is -1.65. The van der Waals surface area contributed by atoms with E-state index < -0.39 is 4.92 Å². The van der Waals surface area contributed by atoms with E-state index in [0.29, 0.717) is 21.3 Å². The molecule has 0 saturated heterocycles. The molecule has 0 unspecified atom stereocenters. The molecular formula is C11H6Cl2N2O2. The fourth-order valence-corrected chi connectivity index (χ4v) is 1.73. The van der Waals surface area contributed by atoms with Gasteiger partial charge in [-0.3, -0.25) is 10.1 Å². The lowest BCUT2D eigenvalue weighted by atomic mass is 10.1. The minimum atomic E-state index is -0.504. The second-order valence-electron chi connectivity index (χ2n) is 3.28. The summed E-state index contributed by atoms with van der Waals surface area (Å²) in [6.45, 7) is 0. The van der Waals surface area contributed by atoms with Crippen LogP contribution in [-0.2, 0) is 0 Å². The van der Waals surface area contributed by atoms with Crippen LogP contribution in [0.15, 0.2) is 36.5 Å². The van der Waals surface area contributed by atoms with Gasteiger partial charge in [-0.2, -0.15) is 0 Å². The summed E-state index contributed by atoms with van der Waals surface area (Å²) >= 11 is 11.9. The number of hydrogen-bond acceptors (Lipinski definition) is 3. The van der Waals surface area contributed by atoms with Gasteiger partial charge in [0.05, 0.1) is 15.6 Å². The fourth-order valence-electron chi connectivity index (χ4n) is 1.35. The van der Waals surface area contributed by atoms with Crippen molar-refractivity contribution in [2.75, 3.05) is 0 Å². The van der Waals surface area contributed by atoms with Crippen LogP contribution >= 0.6 is 23.2 Å². The smallest absolute Gasteiger partial charge is 0.258 e. The van der Waals surface area contributed by atoms with Crippen LogP contribution in [0.2, 0.25) is 10.0 Å². The first-order chi connectivity index (χ1) is 8.08. The van der Waals surface area contributed by atoms with E-state index in [4.69, 9.17) is 23.2 Å². The molecule has 0 bridgehead atoms. The lowest BCUT2D eigenvalue weighted by Gasteiger charge is -2.03. The van der Waals surface area contributed by atoms with E-state index >= 15 is 0 Å². The Morgan fingerprint density at radius 1 is 1.18 bits per heavy atom. The highest BCUT2D eigenvalue weighted by Crippen LogP contribution is 2.29. The number of rotatable bonds is 2. The largest absolute Gasteiger partial charge is 0.287 e. The molecule has 2 rings (SSSR count). The van der Waals surface area contributed by atoms with Crippen LogP contribution in [0.1, 0.15) is 0 Å². The number of benzene rings is 1. The summed E-state index contributed by atoms with van der Waals surface area (Å²) in [6.07, 6.45) is 1.19. The molecule has 17 heavy (non-hydrogen) atoms. The molecule has 0 N–H and O–H groups in total. The molecular weight excluding hydrogens is 263 g/mol. The molecule has 2 aromatic rings. The van der Waals surface area contributed by atoms with E-state index in [1.54, 1.807) is 18.2 Å². The molecule has 0 saturated carbocycles. The highest BCUT2D eigenvalue weighted by Gasteiger charge is 2.09. The van der Waals surface area contributed by atoms with Gasteiger partial charge in [0.1, 0.15) is 6.20 Å². The molecule has 6 heteroatoms. The van der Waals surface area contributed by atoms with E-state index in [-0.39, 0.29) is 5.69 Å². The molecule has 0 aliphatic rings. The second-order valence-corrected chi connectivity index (χ2v) is 4.13. The predicted molar refractivity (Wildman–Crippen MR) is 66.3 cm³/mol. The summed E-state index contributed by atoms with van der Waals surface area (Å²) in [7, 11) is 0. The molecule has 0 radical (unpaired) electrons. The van der Waals surface area contributed by atoms with Gasteiger partial charge >= 0.3 is 0 Å². The van der Waals surface area contributed by atoms with Crippen molar-refractivity contribution in [1.82, 2.24) is 4.98 Å². The van der Waals surface area contributed by atoms with Gasteiger partial charge in [-0.05, 0) is 24.3 Å². The van der Waals surface area contributed by atoms with E-state index in [9.17, 15) is 10.1 Å². The standard InChI is InChI=1S/C11H6Cl2N2O2/c12-7-1-3-10(13)9(5-7)11-4-2-8(6-14-11)15(16)17/h1-6H. The number of nitro groups is 1. The van der Waals surface area contributed by atoms with Crippen molar-refractivity contribution in [3.63, 3.8) is 0 Å². The number of aromatic nitrogens is 1. The summed E-state index contributed by atoms with van der Waals surface area (Å²) in [5.74, 6) is 0. The Kier molecular flexibility index (Phi) is 3.26. The van der Waals surface area contributed by atoms with Crippen LogP contribution in [0, 0.1) is 10.1 Å². The van der Waals surface area contributed by atoms with Gasteiger partial charge in [0.25, 0.3) is 5.69 Å². The molecule has 1 aromatic heterocycles. The van der Waals surface area contributed by atoms with Gasteiger partial charge in [0, 0.05) is 16.7 Å². The zero-order valence-corrected chi connectivity index (χ0v) is 9.94. The Morgan fingerprint density at radius 3 is 2.53 bits per heavy atom. The van der Waals surface area contributed by atoms with Crippen molar-refractivity contribution < 1.29 is 4.92 Å². The topological polar surface area (TPSA) is 56.0 Å². The van der Waals surface area contributed by atoms with Crippen molar-refractivity contribution in [3.8, 4) is 11.3 Å². The number of pyridine rings is 1. The summed E-state index contributed by atoms with van der Waals surface area (Å²) < 4.78 is 0. The third-order valence-electron chi connectivity index (χ3n) is 2.16. The van der Waals surface area contributed by atoms with Crippen molar-refractivity contribution in [1.29, 1.82) is 0 Å². The molecule has 0 fully saturated rings. The summed E-state index contributed by atoms with van der Waals surface area (Å²) in [6, 6.07) is 7.90. The SMILES string of the molecule is O=[N+]([O-])c1ccc(-c2cc(Cl)ccc2Cl)nc1. The van der Waals surface area contributed by atoms with E-state index in [1.807, 2.05) is 0 Å². The van der Waals surface area contributed by atoms with E-state index in [2.05, 4.69) is 4.98 Å². The van der Waals surface area contributed by atoms with Crippen LogP contribution in [0.3, 0.4) is 0 Å². The Labute approximate surface area is 107 Å². The second kappa shape index (κ2) is 4.69. The molecule has 0 spiro atoms. The minimum Gasteiger partial charge on any atom is -0.258 e. The Morgan fingerprint density at radius 2 is 1.94 bits per heavy atom. The third kappa shape index (κ3) is 2.54. The number of hydrogen-bond donors (Lipinski definition) is 0. The predicted octanol–water partition coefficient (Wildman–Crippen LogP) is 3.96. The third-order valence-corrected chi connectivity index (χ3v) is 2.73. The first-order valence-corrected chi connectivity index (χ1v) is 5.39. The Balaban J connectivity index is 2.46. The van der Waals surface area contributed by atoms with Gasteiger partial charge in [0.15, 0.2) is 0 Å². The Bertz CT molecular complexity index is 570. The summed E-state index contributed by atoms with van der Waals surface area (Å²) in [5, 5.41) is 11.5. The van der Waals surface area contributed by atoms with Crippen molar-refractivity contribution in [2.24, 2.45) is 0 Å². The lowest BCUT2D eigenvalue weighted by molar-refractivity contribution is -0.385. The average molecular weight is 269 g/mol. The van der Waals surface area contributed by atoms with Crippen LogP contribution in [0.5, 0.6) is 0 Å². The molecule has 4 nitrogen and oxygen atoms in total. The molecule has 0 aliphatic heterocycles. The van der Waals surface area contributed by atoms with Crippen molar-refractivity contribution in [3.05, 3.63) is 56.7 Å². The highest BCUT2D eigenvalue weighted by molar-refractivity contribution is 6.35. The van der Waals surface area contributed by atoms with Gasteiger partial charge in [-0.15, -0.1) is 0 Å². The highest BCUT2D eigenvalue weighted by atomic mass is 35.5. The molecule has 1 heterocycles. The molecule has 86 valence electrons. The van der Waals surface area contributed by atoms with Gasteiger partial charge < -0.3 is 0 Å². The first-order valence-electron chi connectivity index (χ1n) is 4.64. The number of halogens is 2. The summed E-state index contributed by atoms with van der Waals surface area (Å²) in [4.78, 5) is 14.0. The van der Waals surface area contributed by atoms with E-state index in [1.165, 1.54) is 18.3 Å². The zero-order valence-electron chi connectivity index (χ0n) is 8.43. The van der Waals surface area contributed by atoms with Crippen LogP contribution < -0.4 is 0 Å². The monoisotopic (exact) mass is 268 g/mol. The van der Waals surface area contributed by atoms with Crippen LogP contribution in [0.4, 0.5) is 5.69 Å². The fraction of sp³-hybridized carbons (Fsp3) is 0. The maximum Gasteiger partial charge on any atom is 0.287 e.